The fraction of sp³-hybridized carbons (Fsp3) is 0.136. The first-order valence-electron chi connectivity index (χ1n) is 8.99. The number of amides is 2. The number of carbonyl (C=O) groups excluding carboxylic acids is 2. The Hall–Kier alpha value is -3.12. The second-order valence-electron chi connectivity index (χ2n) is 6.63. The van der Waals surface area contributed by atoms with Gasteiger partial charge < -0.3 is 10.6 Å². The van der Waals surface area contributed by atoms with Crippen LogP contribution in [0.1, 0.15) is 12.0 Å². The minimum atomic E-state index is -0.487. The zero-order chi connectivity index (χ0) is 19.5. The third-order valence-corrected chi connectivity index (χ3v) is 5.55. The highest BCUT2D eigenvalue weighted by Gasteiger charge is 2.32. The van der Waals surface area contributed by atoms with Crippen LogP contribution in [-0.2, 0) is 9.59 Å². The number of hydrogen-bond donors (Lipinski definition) is 2. The topological polar surface area (TPSA) is 70.6 Å². The first kappa shape index (κ1) is 18.3. The highest BCUT2D eigenvalue weighted by Crippen LogP contribution is 2.30. The van der Waals surface area contributed by atoms with E-state index in [1.165, 1.54) is 11.8 Å². The summed E-state index contributed by atoms with van der Waals surface area (Å²) in [6.07, 6.45) is 0.0962. The van der Waals surface area contributed by atoms with Crippen LogP contribution in [0.15, 0.2) is 71.7 Å². The molecule has 28 heavy (non-hydrogen) atoms. The molecule has 1 aliphatic rings. The maximum atomic E-state index is 12.3. The van der Waals surface area contributed by atoms with E-state index in [2.05, 4.69) is 15.6 Å². The van der Waals surface area contributed by atoms with E-state index in [0.29, 0.717) is 5.17 Å². The SMILES string of the molecule is Cc1ccc(NC(=O)CC2SC(=Nc3cccc4ccccc34)NC2=O)cc1. The number of benzene rings is 3. The normalized spacial score (nSPS) is 17.7. The van der Waals surface area contributed by atoms with Crippen molar-refractivity contribution in [1.82, 2.24) is 5.32 Å². The summed E-state index contributed by atoms with van der Waals surface area (Å²) in [6, 6.07) is 21.4. The molecule has 2 N–H and O–H groups in total. The van der Waals surface area contributed by atoms with E-state index in [0.717, 1.165) is 27.7 Å². The lowest BCUT2D eigenvalue weighted by Gasteiger charge is -2.07. The number of nitrogens with zero attached hydrogens (tertiary/aromatic N) is 1. The molecule has 0 aliphatic carbocycles. The summed E-state index contributed by atoms with van der Waals surface area (Å²) in [5, 5.41) is 7.77. The van der Waals surface area contributed by atoms with Gasteiger partial charge in [0.15, 0.2) is 5.17 Å². The average Bonchev–Trinajstić information content (AvgIpc) is 3.03. The first-order valence-corrected chi connectivity index (χ1v) is 9.87. The molecule has 4 rings (SSSR count). The van der Waals surface area contributed by atoms with E-state index in [9.17, 15) is 9.59 Å². The van der Waals surface area contributed by atoms with Gasteiger partial charge in [0.1, 0.15) is 5.25 Å². The van der Waals surface area contributed by atoms with Crippen molar-refractivity contribution >= 4 is 50.9 Å². The Balaban J connectivity index is 1.45. The molecule has 1 unspecified atom stereocenters. The van der Waals surface area contributed by atoms with Gasteiger partial charge in [-0.15, -0.1) is 0 Å². The monoisotopic (exact) mass is 389 g/mol. The number of carbonyl (C=O) groups is 2. The number of rotatable bonds is 4. The van der Waals surface area contributed by atoms with Gasteiger partial charge in [-0.2, -0.15) is 0 Å². The van der Waals surface area contributed by atoms with Gasteiger partial charge in [0.05, 0.1) is 5.69 Å². The summed E-state index contributed by atoms with van der Waals surface area (Å²) in [6.45, 7) is 1.99. The smallest absolute Gasteiger partial charge is 0.240 e. The molecule has 0 saturated carbocycles. The molecular weight excluding hydrogens is 370 g/mol. The molecule has 6 heteroatoms. The van der Waals surface area contributed by atoms with E-state index < -0.39 is 5.25 Å². The van der Waals surface area contributed by atoms with Crippen LogP contribution < -0.4 is 10.6 Å². The van der Waals surface area contributed by atoms with Crippen LogP contribution in [0.5, 0.6) is 0 Å². The quantitative estimate of drug-likeness (QED) is 0.695. The second-order valence-corrected chi connectivity index (χ2v) is 7.82. The lowest BCUT2D eigenvalue weighted by molar-refractivity contribution is -0.122. The summed E-state index contributed by atoms with van der Waals surface area (Å²) < 4.78 is 0. The predicted octanol–water partition coefficient (Wildman–Crippen LogP) is 4.40. The highest BCUT2D eigenvalue weighted by atomic mass is 32.2. The van der Waals surface area contributed by atoms with Gasteiger partial charge in [-0.3, -0.25) is 9.59 Å². The lowest BCUT2D eigenvalue weighted by atomic mass is 10.1. The third-order valence-electron chi connectivity index (χ3n) is 4.47. The van der Waals surface area contributed by atoms with Crippen LogP contribution in [0.3, 0.4) is 0 Å². The standard InChI is InChI=1S/C22H19N3O2S/c1-14-9-11-16(12-10-14)23-20(26)13-19-21(27)25-22(28-19)24-18-8-4-6-15-5-2-3-7-17(15)18/h2-12,19H,13H2,1H3,(H,23,26)(H,24,25,27). The van der Waals surface area contributed by atoms with E-state index in [4.69, 9.17) is 0 Å². The number of fused-ring (bicyclic) bond motifs is 1. The molecular formula is C22H19N3O2S. The maximum absolute atomic E-state index is 12.3. The predicted molar refractivity (Wildman–Crippen MR) is 115 cm³/mol. The molecule has 3 aromatic rings. The van der Waals surface area contributed by atoms with Gasteiger partial charge in [-0.25, -0.2) is 4.99 Å². The van der Waals surface area contributed by atoms with Crippen molar-refractivity contribution in [3.8, 4) is 0 Å². The van der Waals surface area contributed by atoms with Gasteiger partial charge in [0.2, 0.25) is 11.8 Å². The Morgan fingerprint density at radius 2 is 1.82 bits per heavy atom. The molecule has 0 radical (unpaired) electrons. The third kappa shape index (κ3) is 4.07. The number of hydrogen-bond acceptors (Lipinski definition) is 4. The minimum absolute atomic E-state index is 0.0962. The number of thioether (sulfide) groups is 1. The fourth-order valence-electron chi connectivity index (χ4n) is 3.02. The van der Waals surface area contributed by atoms with Crippen LogP contribution in [0.4, 0.5) is 11.4 Å². The van der Waals surface area contributed by atoms with Crippen LogP contribution in [0.2, 0.25) is 0 Å². The van der Waals surface area contributed by atoms with Gasteiger partial charge in [0.25, 0.3) is 0 Å². The molecule has 1 atom stereocenters. The molecule has 1 heterocycles. The van der Waals surface area contributed by atoms with Crippen LogP contribution in [0.25, 0.3) is 10.8 Å². The zero-order valence-electron chi connectivity index (χ0n) is 15.3. The fourth-order valence-corrected chi connectivity index (χ4v) is 4.01. The molecule has 5 nitrogen and oxygen atoms in total. The number of aliphatic imine (C=N–C) groups is 1. The zero-order valence-corrected chi connectivity index (χ0v) is 16.1. The number of anilines is 1. The van der Waals surface area contributed by atoms with Gasteiger partial charge in [-0.05, 0) is 30.5 Å². The van der Waals surface area contributed by atoms with Gasteiger partial charge in [-0.1, -0.05) is 65.9 Å². The molecule has 1 aliphatic heterocycles. The van der Waals surface area contributed by atoms with Crippen LogP contribution in [0, 0.1) is 6.92 Å². The van der Waals surface area contributed by atoms with Crippen LogP contribution >= 0.6 is 11.8 Å². The van der Waals surface area contributed by atoms with Crippen molar-refractivity contribution in [3.05, 3.63) is 72.3 Å². The maximum Gasteiger partial charge on any atom is 0.240 e. The Morgan fingerprint density at radius 3 is 2.64 bits per heavy atom. The summed E-state index contributed by atoms with van der Waals surface area (Å²) in [5.41, 5.74) is 2.65. The van der Waals surface area contributed by atoms with E-state index in [-0.39, 0.29) is 18.2 Å². The molecule has 0 aromatic heterocycles. The van der Waals surface area contributed by atoms with Crippen molar-refractivity contribution in [3.63, 3.8) is 0 Å². The number of nitrogens with one attached hydrogen (secondary N) is 2. The summed E-state index contributed by atoms with van der Waals surface area (Å²) in [7, 11) is 0. The molecule has 3 aromatic carbocycles. The Bertz CT molecular complexity index is 1070. The second kappa shape index (κ2) is 7.86. The Kier molecular flexibility index (Phi) is 5.12. The van der Waals surface area contributed by atoms with Gasteiger partial charge >= 0.3 is 0 Å². The summed E-state index contributed by atoms with van der Waals surface area (Å²) in [4.78, 5) is 29.2. The molecule has 2 amide bonds. The van der Waals surface area contributed by atoms with Crippen LogP contribution in [-0.4, -0.2) is 22.2 Å². The first-order chi connectivity index (χ1) is 13.6. The van der Waals surface area contributed by atoms with Crippen molar-refractivity contribution in [2.24, 2.45) is 4.99 Å². The molecule has 1 saturated heterocycles. The largest absolute Gasteiger partial charge is 0.326 e. The van der Waals surface area contributed by atoms with E-state index in [1.807, 2.05) is 73.7 Å². The number of amidine groups is 1. The van der Waals surface area contributed by atoms with Crippen molar-refractivity contribution in [2.45, 2.75) is 18.6 Å². The highest BCUT2D eigenvalue weighted by molar-refractivity contribution is 8.15. The van der Waals surface area contributed by atoms with Crippen molar-refractivity contribution in [1.29, 1.82) is 0 Å². The lowest BCUT2D eigenvalue weighted by Crippen LogP contribution is -2.28. The molecule has 1 fully saturated rings. The minimum Gasteiger partial charge on any atom is -0.326 e. The van der Waals surface area contributed by atoms with Gasteiger partial charge in [0, 0.05) is 17.5 Å². The molecule has 140 valence electrons. The van der Waals surface area contributed by atoms with E-state index in [1.54, 1.807) is 0 Å². The molecule has 0 bridgehead atoms. The van der Waals surface area contributed by atoms with Crippen molar-refractivity contribution < 1.29 is 9.59 Å². The molecule has 0 spiro atoms. The summed E-state index contributed by atoms with van der Waals surface area (Å²) >= 11 is 1.29. The summed E-state index contributed by atoms with van der Waals surface area (Å²) in [5.74, 6) is -0.383. The van der Waals surface area contributed by atoms with Crippen molar-refractivity contribution in [2.75, 3.05) is 5.32 Å². The van der Waals surface area contributed by atoms with E-state index >= 15 is 0 Å². The Morgan fingerprint density at radius 1 is 1.07 bits per heavy atom. The Labute approximate surface area is 167 Å². The number of aryl methyl sites for hydroxylation is 1. The average molecular weight is 389 g/mol.